The number of nitrogens with one attached hydrogen (secondary N) is 2. The lowest BCUT2D eigenvalue weighted by Crippen LogP contribution is -2.39. The van der Waals surface area contributed by atoms with Crippen LogP contribution in [0, 0.1) is 0 Å². The van der Waals surface area contributed by atoms with E-state index in [2.05, 4.69) is 20.5 Å². The highest BCUT2D eigenvalue weighted by Crippen LogP contribution is 2.33. The van der Waals surface area contributed by atoms with Crippen LogP contribution in [0.1, 0.15) is 18.2 Å². The van der Waals surface area contributed by atoms with Crippen LogP contribution in [-0.4, -0.2) is 49.1 Å². The number of hydrogen-bond acceptors (Lipinski definition) is 7. The second-order valence-electron chi connectivity index (χ2n) is 6.14. The molecule has 0 spiro atoms. The second-order valence-corrected chi connectivity index (χ2v) is 8.64. The summed E-state index contributed by atoms with van der Waals surface area (Å²) in [7, 11) is -3.38. The number of anilines is 1. The fourth-order valence-electron chi connectivity index (χ4n) is 2.75. The summed E-state index contributed by atoms with van der Waals surface area (Å²) >= 11 is 5.89. The molecule has 2 heterocycles. The Morgan fingerprint density at radius 3 is 2.52 bits per heavy atom. The number of benzene rings is 1. The van der Waals surface area contributed by atoms with Crippen LogP contribution in [0.2, 0.25) is 5.02 Å². The maximum atomic E-state index is 12.3. The van der Waals surface area contributed by atoms with E-state index < -0.39 is 34.2 Å². The summed E-state index contributed by atoms with van der Waals surface area (Å²) in [4.78, 5) is 35.6. The smallest absolute Gasteiger partial charge is 0.325 e. The van der Waals surface area contributed by atoms with Crippen LogP contribution < -0.4 is 10.6 Å². The minimum absolute atomic E-state index is 0.0692. The summed E-state index contributed by atoms with van der Waals surface area (Å²) < 4.78 is 29.9. The molecule has 10 nitrogen and oxygen atoms in total. The zero-order valence-electron chi connectivity index (χ0n) is 15.3. The van der Waals surface area contributed by atoms with Gasteiger partial charge in [-0.05, 0) is 31.2 Å². The number of aromatic nitrogens is 2. The van der Waals surface area contributed by atoms with E-state index in [-0.39, 0.29) is 23.9 Å². The average Bonchev–Trinajstić information content (AvgIpc) is 3.13. The van der Waals surface area contributed by atoms with Gasteiger partial charge in [-0.1, -0.05) is 11.6 Å². The van der Waals surface area contributed by atoms with Crippen molar-refractivity contribution in [2.24, 2.45) is 0 Å². The highest BCUT2D eigenvalue weighted by atomic mass is 35.5. The Labute approximate surface area is 171 Å². The molecule has 0 aliphatic carbocycles. The number of carbonyl (C=O) groups is 3. The predicted octanol–water partition coefficient (Wildman–Crippen LogP) is 0.572. The van der Waals surface area contributed by atoms with Crippen molar-refractivity contribution < 1.29 is 27.5 Å². The van der Waals surface area contributed by atoms with Crippen molar-refractivity contribution in [1.82, 2.24) is 15.1 Å². The van der Waals surface area contributed by atoms with E-state index in [9.17, 15) is 22.8 Å². The third-order valence-electron chi connectivity index (χ3n) is 4.00. The molecule has 12 heteroatoms. The summed E-state index contributed by atoms with van der Waals surface area (Å²) in [5.41, 5.74) is 1.12. The highest BCUT2D eigenvalue weighted by molar-refractivity contribution is 7.90. The molecule has 29 heavy (non-hydrogen) atoms. The lowest BCUT2D eigenvalue weighted by Gasteiger charge is -2.11. The first-order valence-corrected chi connectivity index (χ1v) is 10.7. The van der Waals surface area contributed by atoms with Gasteiger partial charge in [-0.25, -0.2) is 13.1 Å². The number of nitrogens with zero attached hydrogens (tertiary/aromatic N) is 2. The number of halogens is 1. The SMILES string of the molecule is CCOC(=O)CNC(=O)C(=O)Nc1c2c(nn1-c1ccc(Cl)cc1)CS(=O)(=O)C2. The Balaban J connectivity index is 1.85. The van der Waals surface area contributed by atoms with Crippen molar-refractivity contribution in [2.75, 3.05) is 18.5 Å². The Morgan fingerprint density at radius 1 is 1.17 bits per heavy atom. The molecule has 0 saturated heterocycles. The number of sulfone groups is 1. The zero-order chi connectivity index (χ0) is 21.2. The maximum Gasteiger partial charge on any atom is 0.325 e. The van der Waals surface area contributed by atoms with Crippen molar-refractivity contribution in [1.29, 1.82) is 0 Å². The van der Waals surface area contributed by atoms with Gasteiger partial charge in [0.2, 0.25) is 0 Å². The molecule has 1 aliphatic heterocycles. The number of amides is 2. The fourth-order valence-corrected chi connectivity index (χ4v) is 4.37. The van der Waals surface area contributed by atoms with Crippen LogP contribution in [0.15, 0.2) is 24.3 Å². The van der Waals surface area contributed by atoms with Crippen LogP contribution in [0.5, 0.6) is 0 Å². The molecule has 2 N–H and O–H groups in total. The summed E-state index contributed by atoms with van der Waals surface area (Å²) in [6, 6.07) is 6.49. The van der Waals surface area contributed by atoms with Crippen LogP contribution in [0.4, 0.5) is 5.82 Å². The molecule has 0 atom stereocenters. The largest absolute Gasteiger partial charge is 0.465 e. The van der Waals surface area contributed by atoms with Gasteiger partial charge >= 0.3 is 17.8 Å². The van der Waals surface area contributed by atoms with Gasteiger partial charge in [0.1, 0.15) is 12.4 Å². The molecule has 0 unspecified atom stereocenters. The van der Waals surface area contributed by atoms with E-state index in [0.29, 0.717) is 22.0 Å². The summed E-state index contributed by atoms with van der Waals surface area (Å²) in [6.45, 7) is 1.28. The van der Waals surface area contributed by atoms with E-state index in [1.54, 1.807) is 31.2 Å². The van der Waals surface area contributed by atoms with Crippen molar-refractivity contribution >= 4 is 45.0 Å². The monoisotopic (exact) mass is 440 g/mol. The molecule has 1 aromatic carbocycles. The van der Waals surface area contributed by atoms with E-state index in [1.807, 2.05) is 0 Å². The Hall–Kier alpha value is -2.92. The molecular weight excluding hydrogens is 424 g/mol. The first-order chi connectivity index (χ1) is 13.7. The number of ether oxygens (including phenoxy) is 1. The minimum atomic E-state index is -3.38. The minimum Gasteiger partial charge on any atom is -0.465 e. The normalized spacial score (nSPS) is 14.1. The molecule has 1 aliphatic rings. The number of hydrogen-bond donors (Lipinski definition) is 2. The summed E-state index contributed by atoms with van der Waals surface area (Å²) in [5.74, 6) is -3.34. The number of carbonyl (C=O) groups excluding carboxylic acids is 3. The van der Waals surface area contributed by atoms with E-state index in [1.165, 1.54) is 4.68 Å². The first kappa shape index (κ1) is 20.8. The lowest BCUT2D eigenvalue weighted by atomic mass is 10.2. The standard InChI is InChI=1S/C17H17ClN4O6S/c1-2-28-14(23)7-19-16(24)17(25)20-15-12-8-29(26,27)9-13(12)21-22(15)11-5-3-10(18)4-6-11/h3-6H,2,7-9H2,1H3,(H,19,24)(H,20,25). The van der Waals surface area contributed by atoms with E-state index in [0.717, 1.165) is 0 Å². The molecule has 1 aromatic heterocycles. The third kappa shape index (κ3) is 4.74. The Bertz CT molecular complexity index is 1080. The molecule has 154 valence electrons. The number of esters is 1. The van der Waals surface area contributed by atoms with Gasteiger partial charge in [-0.2, -0.15) is 5.10 Å². The topological polar surface area (TPSA) is 136 Å². The van der Waals surface area contributed by atoms with Crippen molar-refractivity contribution in [3.05, 3.63) is 40.5 Å². The molecule has 3 rings (SSSR count). The zero-order valence-corrected chi connectivity index (χ0v) is 16.8. The number of fused-ring (bicyclic) bond motifs is 1. The third-order valence-corrected chi connectivity index (χ3v) is 5.69. The predicted molar refractivity (Wildman–Crippen MR) is 103 cm³/mol. The quantitative estimate of drug-likeness (QED) is 0.512. The van der Waals surface area contributed by atoms with E-state index >= 15 is 0 Å². The van der Waals surface area contributed by atoms with Crippen molar-refractivity contribution in [3.63, 3.8) is 0 Å². The maximum absolute atomic E-state index is 12.3. The average molecular weight is 441 g/mol. The van der Waals surface area contributed by atoms with Gasteiger partial charge in [0, 0.05) is 10.6 Å². The van der Waals surface area contributed by atoms with Crippen molar-refractivity contribution in [2.45, 2.75) is 18.4 Å². The molecular formula is C17H17ClN4O6S. The van der Waals surface area contributed by atoms with Gasteiger partial charge in [0.05, 0.1) is 29.5 Å². The van der Waals surface area contributed by atoms with E-state index in [4.69, 9.17) is 11.6 Å². The van der Waals surface area contributed by atoms with Gasteiger partial charge in [-0.15, -0.1) is 0 Å². The second kappa shape index (κ2) is 8.21. The van der Waals surface area contributed by atoms with Crippen LogP contribution in [-0.2, 0) is 40.5 Å². The molecule has 2 amide bonds. The van der Waals surface area contributed by atoms with Gasteiger partial charge in [-0.3, -0.25) is 14.4 Å². The van der Waals surface area contributed by atoms with Crippen LogP contribution in [0.3, 0.4) is 0 Å². The van der Waals surface area contributed by atoms with Gasteiger partial charge in [0.25, 0.3) is 0 Å². The number of rotatable bonds is 5. The first-order valence-electron chi connectivity index (χ1n) is 8.52. The molecule has 0 radical (unpaired) electrons. The van der Waals surface area contributed by atoms with Crippen molar-refractivity contribution in [3.8, 4) is 5.69 Å². The Morgan fingerprint density at radius 2 is 1.86 bits per heavy atom. The molecule has 2 aromatic rings. The fraction of sp³-hybridized carbons (Fsp3) is 0.294. The van der Waals surface area contributed by atoms with Crippen LogP contribution >= 0.6 is 11.6 Å². The molecule has 0 saturated carbocycles. The van der Waals surface area contributed by atoms with Gasteiger partial charge in [0.15, 0.2) is 9.84 Å². The Kier molecular flexibility index (Phi) is 5.89. The van der Waals surface area contributed by atoms with Crippen LogP contribution in [0.25, 0.3) is 5.69 Å². The van der Waals surface area contributed by atoms with Gasteiger partial charge < -0.3 is 15.4 Å². The summed E-state index contributed by atoms with van der Waals surface area (Å²) in [6.07, 6.45) is 0. The molecule has 0 bridgehead atoms. The molecule has 0 fully saturated rings. The lowest BCUT2D eigenvalue weighted by molar-refractivity contribution is -0.144. The summed E-state index contributed by atoms with van der Waals surface area (Å²) in [5, 5.41) is 9.29. The highest BCUT2D eigenvalue weighted by Gasteiger charge is 2.33.